The summed E-state index contributed by atoms with van der Waals surface area (Å²) >= 11 is 0. The number of anilines is 1. The van der Waals surface area contributed by atoms with Crippen LogP contribution < -0.4 is 9.64 Å². The van der Waals surface area contributed by atoms with E-state index in [1.165, 1.54) is 0 Å². The van der Waals surface area contributed by atoms with Crippen LogP contribution in [0.2, 0.25) is 0 Å². The van der Waals surface area contributed by atoms with Gasteiger partial charge in [-0.2, -0.15) is 0 Å². The van der Waals surface area contributed by atoms with Gasteiger partial charge in [-0.05, 0) is 66.5 Å². The molecule has 1 atom stereocenters. The van der Waals surface area contributed by atoms with Crippen molar-refractivity contribution in [2.45, 2.75) is 65.6 Å². The Labute approximate surface area is 203 Å². The largest absolute Gasteiger partial charge is 0.478 e. The number of piperidine rings is 1. The van der Waals surface area contributed by atoms with Crippen LogP contribution >= 0.6 is 0 Å². The minimum absolute atomic E-state index is 0.0655. The lowest BCUT2D eigenvalue weighted by Crippen LogP contribution is -2.57. The molecule has 0 saturated carbocycles. The summed E-state index contributed by atoms with van der Waals surface area (Å²) in [4.78, 5) is 43.0. The number of benzene rings is 1. The number of piperazine rings is 1. The smallest absolute Gasteiger partial charge is 0.410 e. The van der Waals surface area contributed by atoms with Crippen molar-refractivity contribution < 1.29 is 23.9 Å². The average Bonchev–Trinajstić information content (AvgIpc) is 2.77. The van der Waals surface area contributed by atoms with Gasteiger partial charge < -0.3 is 24.2 Å². The van der Waals surface area contributed by atoms with Crippen molar-refractivity contribution in [2.75, 3.05) is 44.2 Å². The van der Waals surface area contributed by atoms with E-state index in [1.54, 1.807) is 30.6 Å². The number of hydrogen-bond acceptors (Lipinski definition) is 6. The molecule has 0 N–H and O–H groups in total. The van der Waals surface area contributed by atoms with Gasteiger partial charge in [0, 0.05) is 56.9 Å². The first-order chi connectivity index (χ1) is 15.9. The number of carbonyl (C=O) groups excluding carboxylic acids is 3. The molecule has 0 spiro atoms. The van der Waals surface area contributed by atoms with Gasteiger partial charge in [-0.3, -0.25) is 9.59 Å². The lowest BCUT2D eigenvalue weighted by atomic mass is 9.94. The van der Waals surface area contributed by atoms with Gasteiger partial charge >= 0.3 is 6.09 Å². The van der Waals surface area contributed by atoms with Crippen molar-refractivity contribution in [1.82, 2.24) is 9.80 Å². The van der Waals surface area contributed by atoms with Crippen molar-refractivity contribution in [3.8, 4) is 5.75 Å². The number of ether oxygens (including phenoxy) is 2. The van der Waals surface area contributed by atoms with Gasteiger partial charge in [0.25, 0.3) is 5.91 Å². The van der Waals surface area contributed by atoms with Crippen LogP contribution in [0.25, 0.3) is 0 Å². The van der Waals surface area contributed by atoms with Gasteiger partial charge in [-0.1, -0.05) is 6.07 Å². The van der Waals surface area contributed by atoms with E-state index in [1.807, 2.05) is 45.0 Å². The Balaban J connectivity index is 1.59. The van der Waals surface area contributed by atoms with Gasteiger partial charge in [0.1, 0.15) is 17.1 Å². The van der Waals surface area contributed by atoms with Crippen LogP contribution in [0.3, 0.4) is 0 Å². The topological polar surface area (TPSA) is 79.4 Å². The molecule has 0 unspecified atom stereocenters. The van der Waals surface area contributed by atoms with Gasteiger partial charge in [0.15, 0.2) is 5.60 Å². The fourth-order valence-corrected chi connectivity index (χ4v) is 4.42. The molecule has 188 valence electrons. The number of amides is 2. The molecule has 2 heterocycles. The lowest BCUT2D eigenvalue weighted by Gasteiger charge is -2.39. The van der Waals surface area contributed by atoms with Crippen LogP contribution in [0.5, 0.6) is 5.75 Å². The van der Waals surface area contributed by atoms with E-state index in [-0.39, 0.29) is 23.7 Å². The van der Waals surface area contributed by atoms with Gasteiger partial charge in [-0.25, -0.2) is 4.79 Å². The first kappa shape index (κ1) is 25.8. The average molecular weight is 474 g/mol. The summed E-state index contributed by atoms with van der Waals surface area (Å²) in [6.45, 7) is 14.1. The SMILES string of the molecule is CC(=O)[C@@H]1CCCN(c2cccc(OC(C)(C)C(=O)N3CCN(C(=O)OC(C)(C)C)CC3)c2)C1. The van der Waals surface area contributed by atoms with E-state index in [4.69, 9.17) is 9.47 Å². The maximum absolute atomic E-state index is 13.3. The first-order valence-corrected chi connectivity index (χ1v) is 12.2. The van der Waals surface area contributed by atoms with Crippen molar-refractivity contribution >= 4 is 23.5 Å². The number of carbonyl (C=O) groups is 3. The van der Waals surface area contributed by atoms with Crippen molar-refractivity contribution in [2.24, 2.45) is 5.92 Å². The van der Waals surface area contributed by atoms with Crippen LogP contribution in [0.15, 0.2) is 24.3 Å². The highest BCUT2D eigenvalue weighted by Crippen LogP contribution is 2.29. The second-order valence-corrected chi connectivity index (χ2v) is 10.8. The van der Waals surface area contributed by atoms with E-state index in [2.05, 4.69) is 4.90 Å². The van der Waals surface area contributed by atoms with E-state index in [0.717, 1.165) is 25.1 Å². The summed E-state index contributed by atoms with van der Waals surface area (Å²) < 4.78 is 11.6. The molecule has 8 heteroatoms. The van der Waals surface area contributed by atoms with Crippen molar-refractivity contribution in [3.63, 3.8) is 0 Å². The van der Waals surface area contributed by atoms with E-state index < -0.39 is 11.2 Å². The Kier molecular flexibility index (Phi) is 7.78. The molecular weight excluding hydrogens is 434 g/mol. The molecule has 8 nitrogen and oxygen atoms in total. The van der Waals surface area contributed by atoms with Gasteiger partial charge in [-0.15, -0.1) is 0 Å². The molecule has 1 aromatic carbocycles. The second kappa shape index (κ2) is 10.2. The molecule has 0 aromatic heterocycles. The third-order valence-corrected chi connectivity index (χ3v) is 6.29. The summed E-state index contributed by atoms with van der Waals surface area (Å²) in [6.07, 6.45) is 1.57. The molecule has 2 aliphatic rings. The van der Waals surface area contributed by atoms with Crippen LogP contribution in [-0.4, -0.2) is 78.1 Å². The highest BCUT2D eigenvalue weighted by atomic mass is 16.6. The summed E-state index contributed by atoms with van der Waals surface area (Å²) in [7, 11) is 0. The molecule has 2 amide bonds. The Bertz CT molecular complexity index is 900. The fourth-order valence-electron chi connectivity index (χ4n) is 4.42. The summed E-state index contributed by atoms with van der Waals surface area (Å²) in [6, 6.07) is 7.73. The molecule has 3 rings (SSSR count). The summed E-state index contributed by atoms with van der Waals surface area (Å²) in [5.41, 5.74) is -0.607. The van der Waals surface area contributed by atoms with Crippen LogP contribution in [0.4, 0.5) is 10.5 Å². The van der Waals surface area contributed by atoms with E-state index in [0.29, 0.717) is 38.5 Å². The summed E-state index contributed by atoms with van der Waals surface area (Å²) in [5, 5.41) is 0. The molecular formula is C26H39N3O5. The highest BCUT2D eigenvalue weighted by Gasteiger charge is 2.37. The monoisotopic (exact) mass is 473 g/mol. The number of nitrogens with zero attached hydrogens (tertiary/aromatic N) is 3. The fraction of sp³-hybridized carbons (Fsp3) is 0.654. The minimum Gasteiger partial charge on any atom is -0.478 e. The third kappa shape index (κ3) is 6.64. The van der Waals surface area contributed by atoms with Crippen molar-refractivity contribution in [1.29, 1.82) is 0 Å². The van der Waals surface area contributed by atoms with Crippen LogP contribution in [0.1, 0.15) is 54.4 Å². The zero-order chi connectivity index (χ0) is 25.1. The Morgan fingerprint density at radius 3 is 2.21 bits per heavy atom. The highest BCUT2D eigenvalue weighted by molar-refractivity contribution is 5.85. The quantitative estimate of drug-likeness (QED) is 0.648. The predicted octanol–water partition coefficient (Wildman–Crippen LogP) is 3.73. The minimum atomic E-state index is -1.06. The van der Waals surface area contributed by atoms with Gasteiger partial charge in [0.2, 0.25) is 0 Å². The van der Waals surface area contributed by atoms with Crippen molar-refractivity contribution in [3.05, 3.63) is 24.3 Å². The Hall–Kier alpha value is -2.77. The van der Waals surface area contributed by atoms with E-state index >= 15 is 0 Å². The number of ketones is 1. The Morgan fingerprint density at radius 1 is 0.941 bits per heavy atom. The zero-order valence-corrected chi connectivity index (χ0v) is 21.4. The standard InChI is InChI=1S/C26H39N3O5/c1-19(30)20-9-8-12-29(18-20)21-10-7-11-22(17-21)33-26(5,6)23(31)27-13-15-28(16-14-27)24(32)34-25(2,3)4/h7,10-11,17,20H,8-9,12-16,18H2,1-6H3/t20-/m1/s1. The zero-order valence-electron chi connectivity index (χ0n) is 21.4. The molecule has 1 aromatic rings. The lowest BCUT2D eigenvalue weighted by molar-refractivity contribution is -0.147. The number of rotatable bonds is 5. The maximum atomic E-state index is 13.3. The molecule has 0 aliphatic carbocycles. The molecule has 0 radical (unpaired) electrons. The molecule has 34 heavy (non-hydrogen) atoms. The molecule has 0 bridgehead atoms. The maximum Gasteiger partial charge on any atom is 0.410 e. The second-order valence-electron chi connectivity index (χ2n) is 10.8. The molecule has 2 saturated heterocycles. The van der Waals surface area contributed by atoms with Gasteiger partial charge in [0.05, 0.1) is 0 Å². The predicted molar refractivity (Wildman–Crippen MR) is 131 cm³/mol. The molecule has 2 aliphatic heterocycles. The van der Waals surface area contributed by atoms with E-state index in [9.17, 15) is 14.4 Å². The third-order valence-electron chi connectivity index (χ3n) is 6.29. The first-order valence-electron chi connectivity index (χ1n) is 12.2. The summed E-state index contributed by atoms with van der Waals surface area (Å²) in [5.74, 6) is 0.802. The number of Topliss-reactive ketones (excluding diaryl/α,β-unsaturated/α-hetero) is 1. The number of hydrogen-bond donors (Lipinski definition) is 0. The van der Waals surface area contributed by atoms with Crippen LogP contribution in [-0.2, 0) is 14.3 Å². The van der Waals surface area contributed by atoms with Crippen LogP contribution in [0, 0.1) is 5.92 Å². The molecule has 2 fully saturated rings. The Morgan fingerprint density at radius 2 is 1.59 bits per heavy atom. The normalized spacial score (nSPS) is 19.6.